The maximum Gasteiger partial charge on any atom is 0.255 e. The number of nitrogens with two attached hydrogens (primary N) is 1. The predicted octanol–water partition coefficient (Wildman–Crippen LogP) is 0.459. The van der Waals surface area contributed by atoms with Crippen molar-refractivity contribution in [1.82, 2.24) is 5.32 Å². The molecule has 0 aliphatic carbocycles. The first-order valence-corrected chi connectivity index (χ1v) is 6.57. The van der Waals surface area contributed by atoms with Crippen molar-refractivity contribution in [3.8, 4) is 5.75 Å². The molecule has 0 saturated carbocycles. The molecule has 1 aromatic rings. The van der Waals surface area contributed by atoms with Crippen molar-refractivity contribution in [1.29, 1.82) is 0 Å². The first kappa shape index (κ1) is 14.3. The van der Waals surface area contributed by atoms with Crippen molar-refractivity contribution in [2.24, 2.45) is 5.73 Å². The lowest BCUT2D eigenvalue weighted by molar-refractivity contribution is -0.119. The van der Waals surface area contributed by atoms with Crippen LogP contribution in [0, 0.1) is 0 Å². The maximum atomic E-state index is 12.1. The summed E-state index contributed by atoms with van der Waals surface area (Å²) in [7, 11) is 0. The standard InChI is InChI=1S/C14H18N2O4/c15-13(17)9-20-12-6-2-1-5-11(12)14(18)16-8-10-4-3-7-19-10/h1-2,5-6,10H,3-4,7-9H2,(H2,15,17)(H,16,18). The van der Waals surface area contributed by atoms with Gasteiger partial charge in [0.15, 0.2) is 6.61 Å². The van der Waals surface area contributed by atoms with Crippen LogP contribution in [0.5, 0.6) is 5.75 Å². The molecule has 108 valence electrons. The van der Waals surface area contributed by atoms with E-state index in [0.29, 0.717) is 17.9 Å². The van der Waals surface area contributed by atoms with Gasteiger partial charge in [-0.3, -0.25) is 9.59 Å². The van der Waals surface area contributed by atoms with Crippen LogP contribution >= 0.6 is 0 Å². The fourth-order valence-electron chi connectivity index (χ4n) is 2.04. The Morgan fingerprint density at radius 1 is 1.40 bits per heavy atom. The average Bonchev–Trinajstić information content (AvgIpc) is 2.96. The minimum absolute atomic E-state index is 0.0812. The molecule has 1 heterocycles. The SMILES string of the molecule is NC(=O)COc1ccccc1C(=O)NCC1CCCO1. The second-order valence-electron chi connectivity index (χ2n) is 4.60. The maximum absolute atomic E-state index is 12.1. The first-order valence-electron chi connectivity index (χ1n) is 6.57. The van der Waals surface area contributed by atoms with Gasteiger partial charge in [-0.15, -0.1) is 0 Å². The van der Waals surface area contributed by atoms with E-state index >= 15 is 0 Å². The lowest BCUT2D eigenvalue weighted by Crippen LogP contribution is -2.32. The van der Waals surface area contributed by atoms with E-state index in [9.17, 15) is 9.59 Å². The van der Waals surface area contributed by atoms with Gasteiger partial charge in [0.1, 0.15) is 5.75 Å². The molecule has 1 unspecified atom stereocenters. The van der Waals surface area contributed by atoms with Crippen molar-refractivity contribution >= 4 is 11.8 Å². The van der Waals surface area contributed by atoms with Gasteiger partial charge >= 0.3 is 0 Å². The molecule has 2 rings (SSSR count). The van der Waals surface area contributed by atoms with Gasteiger partial charge in [0.05, 0.1) is 11.7 Å². The average molecular weight is 278 g/mol. The van der Waals surface area contributed by atoms with Crippen LogP contribution in [0.1, 0.15) is 23.2 Å². The zero-order valence-electron chi connectivity index (χ0n) is 11.1. The Balaban J connectivity index is 1.95. The largest absolute Gasteiger partial charge is 0.483 e. The summed E-state index contributed by atoms with van der Waals surface area (Å²) in [5, 5.41) is 2.81. The van der Waals surface area contributed by atoms with Crippen LogP contribution < -0.4 is 15.8 Å². The molecule has 0 radical (unpaired) electrons. The number of primary amides is 1. The second-order valence-corrected chi connectivity index (χ2v) is 4.60. The van der Waals surface area contributed by atoms with Crippen LogP contribution in [-0.2, 0) is 9.53 Å². The molecule has 3 N–H and O–H groups in total. The molecule has 1 fully saturated rings. The Bertz CT molecular complexity index is 484. The number of nitrogens with one attached hydrogen (secondary N) is 1. The number of rotatable bonds is 6. The van der Waals surface area contributed by atoms with Crippen LogP contribution in [0.25, 0.3) is 0 Å². The second kappa shape index (κ2) is 6.91. The van der Waals surface area contributed by atoms with Crippen LogP contribution in [0.15, 0.2) is 24.3 Å². The lowest BCUT2D eigenvalue weighted by Gasteiger charge is -2.13. The molecular formula is C14H18N2O4. The Hall–Kier alpha value is -2.08. The molecule has 0 aromatic heterocycles. The summed E-state index contributed by atoms with van der Waals surface area (Å²) in [6, 6.07) is 6.73. The highest BCUT2D eigenvalue weighted by Gasteiger charge is 2.18. The smallest absolute Gasteiger partial charge is 0.255 e. The Labute approximate surface area is 117 Å². The van der Waals surface area contributed by atoms with Crippen molar-refractivity contribution < 1.29 is 19.1 Å². The lowest BCUT2D eigenvalue weighted by atomic mass is 10.1. The quantitative estimate of drug-likeness (QED) is 0.791. The third-order valence-electron chi connectivity index (χ3n) is 3.02. The number of hydrogen-bond acceptors (Lipinski definition) is 4. The summed E-state index contributed by atoms with van der Waals surface area (Å²) in [5.74, 6) is -0.490. The molecular weight excluding hydrogens is 260 g/mol. The molecule has 0 spiro atoms. The highest BCUT2D eigenvalue weighted by atomic mass is 16.5. The molecule has 20 heavy (non-hydrogen) atoms. The summed E-state index contributed by atoms with van der Waals surface area (Å²) in [6.45, 7) is 0.970. The van der Waals surface area contributed by atoms with E-state index in [4.69, 9.17) is 15.2 Å². The van der Waals surface area contributed by atoms with Gasteiger partial charge in [-0.1, -0.05) is 12.1 Å². The highest BCUT2D eigenvalue weighted by Crippen LogP contribution is 2.18. The molecule has 1 atom stereocenters. The zero-order chi connectivity index (χ0) is 14.4. The highest BCUT2D eigenvalue weighted by molar-refractivity contribution is 5.97. The number of ether oxygens (including phenoxy) is 2. The Morgan fingerprint density at radius 2 is 2.20 bits per heavy atom. The minimum Gasteiger partial charge on any atom is -0.483 e. The van der Waals surface area contributed by atoms with Crippen LogP contribution in [-0.4, -0.2) is 37.7 Å². The van der Waals surface area contributed by atoms with E-state index in [2.05, 4.69) is 5.32 Å². The molecule has 0 bridgehead atoms. The van der Waals surface area contributed by atoms with Crippen LogP contribution in [0.2, 0.25) is 0 Å². The van der Waals surface area contributed by atoms with Gasteiger partial charge < -0.3 is 20.5 Å². The monoisotopic (exact) mass is 278 g/mol. The van der Waals surface area contributed by atoms with E-state index in [1.165, 1.54) is 0 Å². The number of carbonyl (C=O) groups excluding carboxylic acids is 2. The van der Waals surface area contributed by atoms with E-state index in [0.717, 1.165) is 19.4 Å². The van der Waals surface area contributed by atoms with Crippen LogP contribution in [0.3, 0.4) is 0 Å². The first-order chi connectivity index (χ1) is 9.66. The molecule has 1 saturated heterocycles. The topological polar surface area (TPSA) is 90.7 Å². The summed E-state index contributed by atoms with van der Waals surface area (Å²) in [4.78, 5) is 22.8. The Kier molecular flexibility index (Phi) is 4.95. The van der Waals surface area contributed by atoms with Gasteiger partial charge in [-0.25, -0.2) is 0 Å². The van der Waals surface area contributed by atoms with E-state index in [-0.39, 0.29) is 18.6 Å². The van der Waals surface area contributed by atoms with Gasteiger partial charge in [0, 0.05) is 13.2 Å². The predicted molar refractivity (Wildman–Crippen MR) is 72.4 cm³/mol. The van der Waals surface area contributed by atoms with Gasteiger partial charge in [0.25, 0.3) is 11.8 Å². The summed E-state index contributed by atoms with van der Waals surface area (Å²) >= 11 is 0. The fourth-order valence-corrected chi connectivity index (χ4v) is 2.04. The van der Waals surface area contributed by atoms with Crippen molar-refractivity contribution in [3.63, 3.8) is 0 Å². The summed E-state index contributed by atoms with van der Waals surface area (Å²) in [6.07, 6.45) is 2.07. The molecule has 6 nitrogen and oxygen atoms in total. The Morgan fingerprint density at radius 3 is 2.90 bits per heavy atom. The fraction of sp³-hybridized carbons (Fsp3) is 0.429. The van der Waals surface area contributed by atoms with Gasteiger partial charge in [-0.2, -0.15) is 0 Å². The third kappa shape index (κ3) is 3.96. The van der Waals surface area contributed by atoms with E-state index in [1.807, 2.05) is 0 Å². The van der Waals surface area contributed by atoms with Crippen molar-refractivity contribution in [3.05, 3.63) is 29.8 Å². The number of para-hydroxylation sites is 1. The number of hydrogen-bond donors (Lipinski definition) is 2. The zero-order valence-corrected chi connectivity index (χ0v) is 11.1. The molecule has 1 aromatic carbocycles. The minimum atomic E-state index is -0.584. The number of carbonyl (C=O) groups is 2. The van der Waals surface area contributed by atoms with E-state index in [1.54, 1.807) is 24.3 Å². The molecule has 2 amide bonds. The van der Waals surface area contributed by atoms with Crippen molar-refractivity contribution in [2.75, 3.05) is 19.8 Å². The number of benzene rings is 1. The van der Waals surface area contributed by atoms with Crippen LogP contribution in [0.4, 0.5) is 0 Å². The molecule has 1 aliphatic heterocycles. The molecule has 1 aliphatic rings. The van der Waals surface area contributed by atoms with Gasteiger partial charge in [-0.05, 0) is 25.0 Å². The van der Waals surface area contributed by atoms with Crippen molar-refractivity contribution in [2.45, 2.75) is 18.9 Å². The number of amides is 2. The normalized spacial score (nSPS) is 17.7. The summed E-state index contributed by atoms with van der Waals surface area (Å²) < 4.78 is 10.7. The van der Waals surface area contributed by atoms with E-state index < -0.39 is 5.91 Å². The third-order valence-corrected chi connectivity index (χ3v) is 3.02. The molecule has 6 heteroatoms. The summed E-state index contributed by atoms with van der Waals surface area (Å²) in [5.41, 5.74) is 5.41. The van der Waals surface area contributed by atoms with Gasteiger partial charge in [0.2, 0.25) is 0 Å².